The fourth-order valence-corrected chi connectivity index (χ4v) is 4.94. The Morgan fingerprint density at radius 1 is 1.00 bits per heavy atom. The van der Waals surface area contributed by atoms with Crippen LogP contribution in [0, 0.1) is 11.6 Å². The van der Waals surface area contributed by atoms with Crippen LogP contribution in [0.15, 0.2) is 45.8 Å². The summed E-state index contributed by atoms with van der Waals surface area (Å²) in [6.45, 7) is 0.407. The number of hydrogen-bond acceptors (Lipinski definition) is 3. The van der Waals surface area contributed by atoms with E-state index in [0.29, 0.717) is 16.7 Å². The molecule has 5 nitrogen and oxygen atoms in total. The zero-order valence-electron chi connectivity index (χ0n) is 13.8. The molecule has 3 rings (SSSR count). The lowest BCUT2D eigenvalue weighted by Crippen LogP contribution is -2.50. The largest absolute Gasteiger partial charge is 0.336 e. The van der Waals surface area contributed by atoms with E-state index in [9.17, 15) is 22.0 Å². The smallest absolute Gasteiger partial charge is 0.255 e. The molecule has 1 aliphatic heterocycles. The Morgan fingerprint density at radius 2 is 1.67 bits per heavy atom. The number of halogens is 4. The van der Waals surface area contributed by atoms with Gasteiger partial charge in [0.2, 0.25) is 10.0 Å². The van der Waals surface area contributed by atoms with Crippen molar-refractivity contribution in [2.75, 3.05) is 26.2 Å². The Hall–Kier alpha value is -1.55. The van der Waals surface area contributed by atoms with Crippen LogP contribution in [0.1, 0.15) is 10.4 Å². The number of hydrogen-bond donors (Lipinski definition) is 0. The van der Waals surface area contributed by atoms with Crippen LogP contribution in [0.2, 0.25) is 5.02 Å². The van der Waals surface area contributed by atoms with Crippen molar-refractivity contribution in [3.63, 3.8) is 0 Å². The van der Waals surface area contributed by atoms with E-state index in [-0.39, 0.29) is 37.0 Å². The summed E-state index contributed by atoms with van der Waals surface area (Å²) < 4.78 is 53.5. The predicted octanol–water partition coefficient (Wildman–Crippen LogP) is 3.53. The molecule has 144 valence electrons. The van der Waals surface area contributed by atoms with Crippen LogP contribution in [0.4, 0.5) is 8.78 Å². The fourth-order valence-electron chi connectivity index (χ4n) is 2.75. The van der Waals surface area contributed by atoms with Crippen molar-refractivity contribution in [2.24, 2.45) is 0 Å². The van der Waals surface area contributed by atoms with E-state index in [0.717, 1.165) is 20.9 Å². The fraction of sp³-hybridized carbons (Fsp3) is 0.235. The van der Waals surface area contributed by atoms with Gasteiger partial charge >= 0.3 is 0 Å². The van der Waals surface area contributed by atoms with E-state index >= 15 is 0 Å². The summed E-state index contributed by atoms with van der Waals surface area (Å²) in [5.41, 5.74) is 0.330. The second-order valence-corrected chi connectivity index (χ2v) is 9.16. The molecule has 0 spiro atoms. The maximum absolute atomic E-state index is 13.4. The van der Waals surface area contributed by atoms with Crippen molar-refractivity contribution in [3.8, 4) is 0 Å². The van der Waals surface area contributed by atoms with E-state index in [2.05, 4.69) is 15.9 Å². The van der Waals surface area contributed by atoms with E-state index in [1.807, 2.05) is 0 Å². The van der Waals surface area contributed by atoms with Crippen molar-refractivity contribution in [1.82, 2.24) is 9.21 Å². The number of carbonyl (C=O) groups is 1. The highest BCUT2D eigenvalue weighted by atomic mass is 79.9. The summed E-state index contributed by atoms with van der Waals surface area (Å²) in [7, 11) is -3.97. The first-order valence-corrected chi connectivity index (χ1v) is 10.5. The van der Waals surface area contributed by atoms with Crippen molar-refractivity contribution in [1.29, 1.82) is 0 Å². The molecular formula is C17H14BrClF2N2O3S. The molecule has 27 heavy (non-hydrogen) atoms. The van der Waals surface area contributed by atoms with Gasteiger partial charge in [-0.3, -0.25) is 4.79 Å². The van der Waals surface area contributed by atoms with Crippen LogP contribution in [0.3, 0.4) is 0 Å². The lowest BCUT2D eigenvalue weighted by molar-refractivity contribution is 0.0698. The zero-order valence-corrected chi connectivity index (χ0v) is 17.0. The topological polar surface area (TPSA) is 57.7 Å². The van der Waals surface area contributed by atoms with Gasteiger partial charge in [0.05, 0.1) is 15.5 Å². The third-order valence-corrected chi connectivity index (χ3v) is 6.92. The second-order valence-electron chi connectivity index (χ2n) is 5.90. The standard InChI is InChI=1S/C17H14BrClF2N2O3S/c18-11-1-3-13(14(19)9-11)17(24)22-5-7-23(8-6-22)27(25,26)12-2-4-15(20)16(21)10-12/h1-4,9-10H,5-8H2. The molecule has 0 N–H and O–H groups in total. The predicted molar refractivity (Wildman–Crippen MR) is 100 cm³/mol. The third-order valence-electron chi connectivity index (χ3n) is 4.22. The Morgan fingerprint density at radius 3 is 2.26 bits per heavy atom. The molecule has 1 aliphatic rings. The highest BCUT2D eigenvalue weighted by Crippen LogP contribution is 2.24. The molecule has 2 aromatic rings. The normalized spacial score (nSPS) is 15.8. The molecule has 0 atom stereocenters. The van der Waals surface area contributed by atoms with E-state index in [4.69, 9.17) is 11.6 Å². The average molecular weight is 480 g/mol. The van der Waals surface area contributed by atoms with Crippen molar-refractivity contribution in [2.45, 2.75) is 4.90 Å². The Bertz CT molecular complexity index is 996. The molecule has 0 aliphatic carbocycles. The summed E-state index contributed by atoms with van der Waals surface area (Å²) in [5, 5.41) is 0.297. The maximum Gasteiger partial charge on any atom is 0.255 e. The number of nitrogens with zero attached hydrogens (tertiary/aromatic N) is 2. The Kier molecular flexibility index (Phi) is 5.85. The van der Waals surface area contributed by atoms with Gasteiger partial charge in [0.25, 0.3) is 5.91 Å². The van der Waals surface area contributed by atoms with Gasteiger partial charge in [-0.05, 0) is 36.4 Å². The van der Waals surface area contributed by atoms with Gasteiger partial charge < -0.3 is 4.90 Å². The van der Waals surface area contributed by atoms with Crippen LogP contribution in [0.25, 0.3) is 0 Å². The molecule has 0 aromatic heterocycles. The third kappa shape index (κ3) is 4.16. The van der Waals surface area contributed by atoms with Crippen molar-refractivity contribution < 1.29 is 22.0 Å². The molecule has 0 radical (unpaired) electrons. The molecular weight excluding hydrogens is 466 g/mol. The van der Waals surface area contributed by atoms with E-state index in [1.165, 1.54) is 4.90 Å². The molecule has 1 saturated heterocycles. The number of piperazine rings is 1. The number of carbonyl (C=O) groups excluding carboxylic acids is 1. The van der Waals surface area contributed by atoms with Gasteiger partial charge in [0.1, 0.15) is 0 Å². The van der Waals surface area contributed by atoms with Gasteiger partial charge in [0, 0.05) is 30.7 Å². The molecule has 10 heteroatoms. The summed E-state index contributed by atoms with van der Waals surface area (Å²) in [4.78, 5) is 13.8. The van der Waals surface area contributed by atoms with Crippen LogP contribution in [-0.2, 0) is 10.0 Å². The van der Waals surface area contributed by atoms with Gasteiger partial charge in [-0.15, -0.1) is 0 Å². The number of rotatable bonds is 3. The quantitative estimate of drug-likeness (QED) is 0.677. The summed E-state index contributed by atoms with van der Waals surface area (Å²) in [5.74, 6) is -2.64. The molecule has 1 amide bonds. The van der Waals surface area contributed by atoms with E-state index in [1.54, 1.807) is 18.2 Å². The lowest BCUT2D eigenvalue weighted by Gasteiger charge is -2.34. The van der Waals surface area contributed by atoms with Gasteiger partial charge in [-0.25, -0.2) is 17.2 Å². The first-order chi connectivity index (χ1) is 12.7. The van der Waals surface area contributed by atoms with Crippen LogP contribution >= 0.6 is 27.5 Å². The first kappa shape index (κ1) is 20.2. The van der Waals surface area contributed by atoms with Gasteiger partial charge in [-0.1, -0.05) is 27.5 Å². The minimum absolute atomic E-state index is 0.0429. The van der Waals surface area contributed by atoms with Crippen LogP contribution in [-0.4, -0.2) is 49.7 Å². The average Bonchev–Trinajstić information content (AvgIpc) is 2.63. The summed E-state index contributed by atoms with van der Waals surface area (Å²) >= 11 is 9.37. The van der Waals surface area contributed by atoms with Gasteiger partial charge in [-0.2, -0.15) is 4.31 Å². The SMILES string of the molecule is O=C(c1ccc(Br)cc1Cl)N1CCN(S(=O)(=O)c2ccc(F)c(F)c2)CC1. The lowest BCUT2D eigenvalue weighted by atomic mass is 10.2. The number of sulfonamides is 1. The maximum atomic E-state index is 13.4. The number of benzene rings is 2. The second kappa shape index (κ2) is 7.83. The van der Waals surface area contributed by atoms with Crippen molar-refractivity contribution >= 4 is 43.5 Å². The van der Waals surface area contributed by atoms with Crippen LogP contribution < -0.4 is 0 Å². The number of amides is 1. The molecule has 2 aromatic carbocycles. The summed E-state index contributed by atoms with van der Waals surface area (Å²) in [6, 6.07) is 7.36. The molecule has 0 saturated carbocycles. The highest BCUT2D eigenvalue weighted by molar-refractivity contribution is 9.10. The molecule has 1 fully saturated rings. The summed E-state index contributed by atoms with van der Waals surface area (Å²) in [6.07, 6.45) is 0. The molecule has 0 unspecified atom stereocenters. The minimum atomic E-state index is -3.97. The zero-order chi connectivity index (χ0) is 19.8. The Labute approximate surface area is 168 Å². The minimum Gasteiger partial charge on any atom is -0.336 e. The molecule has 0 bridgehead atoms. The van der Waals surface area contributed by atoms with E-state index < -0.39 is 21.7 Å². The Balaban J connectivity index is 1.72. The monoisotopic (exact) mass is 478 g/mol. The first-order valence-electron chi connectivity index (χ1n) is 7.89. The van der Waals surface area contributed by atoms with Crippen molar-refractivity contribution in [3.05, 3.63) is 63.1 Å². The highest BCUT2D eigenvalue weighted by Gasteiger charge is 2.31. The van der Waals surface area contributed by atoms with Gasteiger partial charge in [0.15, 0.2) is 11.6 Å². The van der Waals surface area contributed by atoms with Crippen LogP contribution in [0.5, 0.6) is 0 Å². The molecule has 1 heterocycles.